The normalized spacial score (nSPS) is 29.3. The first-order chi connectivity index (χ1) is 10.5. The summed E-state index contributed by atoms with van der Waals surface area (Å²) < 4.78 is 0. The number of carboxylic acid groups (broad SMARTS) is 1. The number of carboxylic acids is 1. The molecular weight excluding hydrogens is 304 g/mol. The first-order valence-electron chi connectivity index (χ1n) is 7.35. The molecule has 0 saturated heterocycles. The summed E-state index contributed by atoms with van der Waals surface area (Å²) in [4.78, 5) is 36.6. The highest BCUT2D eigenvalue weighted by atomic mass is 32.1. The summed E-state index contributed by atoms with van der Waals surface area (Å²) in [6.07, 6.45) is 2.57. The molecule has 6 nitrogen and oxygen atoms in total. The van der Waals surface area contributed by atoms with E-state index in [0.717, 1.165) is 24.1 Å². The maximum atomic E-state index is 12.3. The predicted molar refractivity (Wildman–Crippen MR) is 80.1 cm³/mol. The van der Waals surface area contributed by atoms with Gasteiger partial charge >= 0.3 is 5.97 Å². The lowest BCUT2D eigenvalue weighted by Crippen LogP contribution is -2.48. The minimum atomic E-state index is -0.910. The minimum Gasteiger partial charge on any atom is -0.481 e. The number of carbonyl (C=O) groups is 3. The zero-order valence-corrected chi connectivity index (χ0v) is 13.0. The number of thiophene rings is 1. The summed E-state index contributed by atoms with van der Waals surface area (Å²) in [6.45, 7) is 1.90. The third-order valence-electron chi connectivity index (χ3n) is 4.80. The van der Waals surface area contributed by atoms with E-state index in [1.807, 2.05) is 6.92 Å². The molecule has 22 heavy (non-hydrogen) atoms. The van der Waals surface area contributed by atoms with Crippen molar-refractivity contribution in [3.63, 3.8) is 0 Å². The second-order valence-corrected chi connectivity index (χ2v) is 7.23. The Hall–Kier alpha value is -1.89. The van der Waals surface area contributed by atoms with E-state index in [4.69, 9.17) is 0 Å². The molecule has 4 atom stereocenters. The van der Waals surface area contributed by atoms with Crippen molar-refractivity contribution in [2.24, 2.45) is 23.7 Å². The van der Waals surface area contributed by atoms with Gasteiger partial charge in [-0.2, -0.15) is 0 Å². The van der Waals surface area contributed by atoms with Crippen LogP contribution in [0.1, 0.15) is 34.5 Å². The van der Waals surface area contributed by atoms with E-state index in [2.05, 4.69) is 10.9 Å². The molecule has 0 radical (unpaired) electrons. The van der Waals surface area contributed by atoms with Gasteiger partial charge in [-0.1, -0.05) is 0 Å². The summed E-state index contributed by atoms with van der Waals surface area (Å²) in [5.74, 6) is -2.64. The number of hydrogen-bond donors (Lipinski definition) is 3. The van der Waals surface area contributed by atoms with Crippen LogP contribution in [0.3, 0.4) is 0 Å². The highest BCUT2D eigenvalue weighted by Crippen LogP contribution is 2.52. The van der Waals surface area contributed by atoms with Crippen LogP contribution in [0.2, 0.25) is 0 Å². The Kier molecular flexibility index (Phi) is 3.90. The second kappa shape index (κ2) is 5.72. The maximum Gasteiger partial charge on any atom is 0.307 e. The fourth-order valence-electron chi connectivity index (χ4n) is 3.86. The lowest BCUT2D eigenvalue weighted by atomic mass is 9.79. The van der Waals surface area contributed by atoms with Gasteiger partial charge < -0.3 is 5.11 Å². The van der Waals surface area contributed by atoms with E-state index in [1.54, 1.807) is 11.4 Å². The van der Waals surface area contributed by atoms with Gasteiger partial charge in [0.15, 0.2) is 0 Å². The van der Waals surface area contributed by atoms with Crippen LogP contribution in [0.15, 0.2) is 11.4 Å². The van der Waals surface area contributed by atoms with Crippen molar-refractivity contribution >= 4 is 29.1 Å². The monoisotopic (exact) mass is 322 g/mol. The summed E-state index contributed by atoms with van der Waals surface area (Å²) in [5, 5.41) is 11.1. The molecule has 0 spiro atoms. The molecule has 118 valence electrons. The molecule has 0 aromatic carbocycles. The van der Waals surface area contributed by atoms with Crippen molar-refractivity contribution < 1.29 is 19.5 Å². The summed E-state index contributed by atoms with van der Waals surface area (Å²) >= 11 is 1.46. The van der Waals surface area contributed by atoms with E-state index in [0.29, 0.717) is 5.56 Å². The third kappa shape index (κ3) is 2.61. The van der Waals surface area contributed by atoms with Gasteiger partial charge in [0.2, 0.25) is 5.91 Å². The van der Waals surface area contributed by atoms with Gasteiger partial charge in [0, 0.05) is 10.3 Å². The van der Waals surface area contributed by atoms with E-state index in [-0.39, 0.29) is 23.7 Å². The molecule has 0 unspecified atom stereocenters. The second-order valence-electron chi connectivity index (χ2n) is 6.11. The van der Waals surface area contributed by atoms with Crippen molar-refractivity contribution in [2.45, 2.75) is 26.2 Å². The van der Waals surface area contributed by atoms with Crippen molar-refractivity contribution in [3.05, 3.63) is 21.9 Å². The number of hydrogen-bond acceptors (Lipinski definition) is 4. The largest absolute Gasteiger partial charge is 0.481 e. The minimum absolute atomic E-state index is 0.0912. The van der Waals surface area contributed by atoms with Crippen molar-refractivity contribution in [2.75, 3.05) is 0 Å². The number of fused-ring (bicyclic) bond motifs is 2. The molecule has 1 aromatic rings. The Balaban J connectivity index is 1.62. The summed E-state index contributed by atoms with van der Waals surface area (Å²) in [7, 11) is 0. The average molecular weight is 322 g/mol. The number of aliphatic carboxylic acids is 1. The molecule has 2 bridgehead atoms. The molecule has 0 aliphatic heterocycles. The smallest absolute Gasteiger partial charge is 0.307 e. The molecule has 1 heterocycles. The lowest BCUT2D eigenvalue weighted by Gasteiger charge is -2.26. The van der Waals surface area contributed by atoms with E-state index >= 15 is 0 Å². The number of nitrogens with one attached hydrogen (secondary N) is 2. The van der Waals surface area contributed by atoms with Crippen molar-refractivity contribution in [3.8, 4) is 0 Å². The van der Waals surface area contributed by atoms with Gasteiger partial charge in [0.05, 0.1) is 17.4 Å². The van der Waals surface area contributed by atoms with Gasteiger partial charge in [-0.05, 0) is 44.1 Å². The highest BCUT2D eigenvalue weighted by molar-refractivity contribution is 7.10. The van der Waals surface area contributed by atoms with Gasteiger partial charge in [-0.15, -0.1) is 11.3 Å². The first-order valence-corrected chi connectivity index (χ1v) is 8.23. The standard InChI is InChI=1S/C15H18N2O4S/c1-7-4-10(6-22-7)13(18)16-17-14(19)11-8-2-3-9(5-8)12(11)15(20)21/h4,6,8-9,11-12H,2-3,5H2,1H3,(H,16,18)(H,17,19)(H,20,21)/t8-,9-,11-,12-/m0/s1. The van der Waals surface area contributed by atoms with Crippen LogP contribution in [0.4, 0.5) is 0 Å². The molecule has 2 fully saturated rings. The third-order valence-corrected chi connectivity index (χ3v) is 5.66. The fraction of sp³-hybridized carbons (Fsp3) is 0.533. The molecule has 1 aromatic heterocycles. The number of aryl methyl sites for hydroxylation is 1. The Labute approximate surface area is 131 Å². The lowest BCUT2D eigenvalue weighted by molar-refractivity contribution is -0.149. The first kappa shape index (κ1) is 15.0. The molecule has 3 N–H and O–H groups in total. The Morgan fingerprint density at radius 2 is 1.86 bits per heavy atom. The van der Waals surface area contributed by atoms with E-state index < -0.39 is 17.8 Å². The molecule has 3 rings (SSSR count). The summed E-state index contributed by atoms with van der Waals surface area (Å²) in [6, 6.07) is 1.74. The van der Waals surface area contributed by atoms with Crippen LogP contribution < -0.4 is 10.9 Å². The topological polar surface area (TPSA) is 95.5 Å². The molecule has 2 amide bonds. The Morgan fingerprint density at radius 3 is 2.45 bits per heavy atom. The number of carbonyl (C=O) groups excluding carboxylic acids is 2. The quantitative estimate of drug-likeness (QED) is 0.736. The van der Waals surface area contributed by atoms with Crippen LogP contribution in [0.25, 0.3) is 0 Å². The van der Waals surface area contributed by atoms with Crippen molar-refractivity contribution in [1.82, 2.24) is 10.9 Å². The fourth-order valence-corrected chi connectivity index (χ4v) is 4.54. The van der Waals surface area contributed by atoms with Gasteiger partial charge in [-0.25, -0.2) is 0 Å². The molecule has 2 saturated carbocycles. The number of hydrazine groups is 1. The zero-order valence-electron chi connectivity index (χ0n) is 12.2. The Bertz CT molecular complexity index is 627. The van der Waals surface area contributed by atoms with Gasteiger partial charge in [-0.3, -0.25) is 25.2 Å². The van der Waals surface area contributed by atoms with Crippen LogP contribution in [-0.2, 0) is 9.59 Å². The number of amides is 2. The highest BCUT2D eigenvalue weighted by Gasteiger charge is 2.54. The van der Waals surface area contributed by atoms with E-state index in [1.165, 1.54) is 11.3 Å². The SMILES string of the molecule is Cc1cc(C(=O)NNC(=O)[C@H]2[C@H]3CC[C@@H](C3)[C@@H]2C(=O)O)cs1. The van der Waals surface area contributed by atoms with Crippen LogP contribution in [0, 0.1) is 30.6 Å². The Morgan fingerprint density at radius 1 is 1.18 bits per heavy atom. The van der Waals surface area contributed by atoms with Crippen LogP contribution in [0.5, 0.6) is 0 Å². The average Bonchev–Trinajstić information content (AvgIpc) is 3.18. The number of rotatable bonds is 3. The van der Waals surface area contributed by atoms with Gasteiger partial charge in [0.25, 0.3) is 5.91 Å². The molecule has 2 aliphatic carbocycles. The molecule has 2 aliphatic rings. The van der Waals surface area contributed by atoms with E-state index in [9.17, 15) is 19.5 Å². The maximum absolute atomic E-state index is 12.3. The molecular formula is C15H18N2O4S. The summed E-state index contributed by atoms with van der Waals surface area (Å²) in [5.41, 5.74) is 5.28. The predicted octanol–water partition coefficient (Wildman–Crippen LogP) is 1.56. The van der Waals surface area contributed by atoms with Crippen LogP contribution in [-0.4, -0.2) is 22.9 Å². The zero-order chi connectivity index (χ0) is 15.9. The van der Waals surface area contributed by atoms with Crippen molar-refractivity contribution in [1.29, 1.82) is 0 Å². The molecule has 7 heteroatoms. The van der Waals surface area contributed by atoms with Crippen LogP contribution >= 0.6 is 11.3 Å². The van der Waals surface area contributed by atoms with Gasteiger partial charge in [0.1, 0.15) is 0 Å².